The van der Waals surface area contributed by atoms with E-state index in [0.717, 1.165) is 17.7 Å². The maximum absolute atomic E-state index is 12.9. The van der Waals surface area contributed by atoms with Crippen LogP contribution < -0.4 is 10.8 Å². The highest BCUT2D eigenvalue weighted by atomic mass is 19.1. The summed E-state index contributed by atoms with van der Waals surface area (Å²) in [6, 6.07) is 5.06. The SMILES string of the molecule is CN1c2ccc(F)cc2CC1CON. The van der Waals surface area contributed by atoms with Crippen LogP contribution in [0.15, 0.2) is 18.2 Å². The topological polar surface area (TPSA) is 38.5 Å². The van der Waals surface area contributed by atoms with Gasteiger partial charge < -0.3 is 9.74 Å². The minimum atomic E-state index is -0.188. The Balaban J connectivity index is 2.26. The first-order chi connectivity index (χ1) is 6.72. The minimum absolute atomic E-state index is 0.188. The van der Waals surface area contributed by atoms with E-state index in [1.807, 2.05) is 7.05 Å². The number of likely N-dealkylation sites (N-methyl/N-ethyl adjacent to an activating group) is 1. The summed E-state index contributed by atoms with van der Waals surface area (Å²) in [5.41, 5.74) is 2.09. The predicted octanol–water partition coefficient (Wildman–Crippen LogP) is 1.08. The number of anilines is 1. The molecule has 1 aromatic rings. The van der Waals surface area contributed by atoms with Crippen LogP contribution in [0.1, 0.15) is 5.56 Å². The summed E-state index contributed by atoms with van der Waals surface area (Å²) in [6.07, 6.45) is 0.792. The molecule has 0 fully saturated rings. The quantitative estimate of drug-likeness (QED) is 0.719. The molecule has 3 nitrogen and oxygen atoms in total. The van der Waals surface area contributed by atoms with E-state index in [1.54, 1.807) is 12.1 Å². The molecule has 0 spiro atoms. The molecule has 0 saturated heterocycles. The fraction of sp³-hybridized carbons (Fsp3) is 0.400. The van der Waals surface area contributed by atoms with Gasteiger partial charge in [0, 0.05) is 12.7 Å². The Morgan fingerprint density at radius 1 is 1.64 bits per heavy atom. The molecule has 1 heterocycles. The molecule has 4 heteroatoms. The Morgan fingerprint density at radius 2 is 2.43 bits per heavy atom. The van der Waals surface area contributed by atoms with Gasteiger partial charge in [0.25, 0.3) is 0 Å². The van der Waals surface area contributed by atoms with Gasteiger partial charge in [0.05, 0.1) is 12.6 Å². The maximum atomic E-state index is 12.9. The smallest absolute Gasteiger partial charge is 0.123 e. The highest BCUT2D eigenvalue weighted by Crippen LogP contribution is 2.31. The first kappa shape index (κ1) is 9.43. The van der Waals surface area contributed by atoms with Gasteiger partial charge in [-0.05, 0) is 30.2 Å². The zero-order valence-electron chi connectivity index (χ0n) is 8.03. The predicted molar refractivity (Wildman–Crippen MR) is 52.4 cm³/mol. The number of hydrogen-bond donors (Lipinski definition) is 1. The second kappa shape index (κ2) is 3.55. The summed E-state index contributed by atoms with van der Waals surface area (Å²) < 4.78 is 12.9. The van der Waals surface area contributed by atoms with E-state index >= 15 is 0 Å². The molecule has 0 radical (unpaired) electrons. The molecule has 0 amide bonds. The molecule has 14 heavy (non-hydrogen) atoms. The van der Waals surface area contributed by atoms with Crippen molar-refractivity contribution < 1.29 is 9.23 Å². The Morgan fingerprint density at radius 3 is 3.14 bits per heavy atom. The molecule has 1 aliphatic rings. The van der Waals surface area contributed by atoms with Gasteiger partial charge in [-0.2, -0.15) is 0 Å². The number of rotatable bonds is 2. The second-order valence-corrected chi connectivity index (χ2v) is 3.58. The average molecular weight is 196 g/mol. The molecular formula is C10H13FN2O. The van der Waals surface area contributed by atoms with Crippen LogP contribution in [0.2, 0.25) is 0 Å². The van der Waals surface area contributed by atoms with E-state index in [-0.39, 0.29) is 11.9 Å². The lowest BCUT2D eigenvalue weighted by Gasteiger charge is -2.21. The van der Waals surface area contributed by atoms with Crippen molar-refractivity contribution in [1.82, 2.24) is 0 Å². The Hall–Kier alpha value is -1.13. The van der Waals surface area contributed by atoms with E-state index in [0.29, 0.717) is 6.61 Å². The largest absolute Gasteiger partial charge is 0.369 e. The van der Waals surface area contributed by atoms with Crippen molar-refractivity contribution in [3.63, 3.8) is 0 Å². The first-order valence-electron chi connectivity index (χ1n) is 4.55. The number of hydrogen-bond acceptors (Lipinski definition) is 3. The monoisotopic (exact) mass is 196 g/mol. The zero-order chi connectivity index (χ0) is 10.1. The fourth-order valence-corrected chi connectivity index (χ4v) is 1.93. The molecule has 0 bridgehead atoms. The molecule has 1 atom stereocenters. The van der Waals surface area contributed by atoms with E-state index in [1.165, 1.54) is 6.07 Å². The van der Waals surface area contributed by atoms with Gasteiger partial charge in [-0.1, -0.05) is 0 Å². The molecule has 2 N–H and O–H groups in total. The Bertz CT molecular complexity index is 343. The Kier molecular flexibility index (Phi) is 2.39. The molecule has 76 valence electrons. The summed E-state index contributed by atoms with van der Waals surface area (Å²) in [6.45, 7) is 0.465. The molecule has 1 unspecified atom stereocenters. The summed E-state index contributed by atoms with van der Waals surface area (Å²) in [4.78, 5) is 6.69. The normalized spacial score (nSPS) is 19.9. The standard InChI is InChI=1S/C10H13FN2O/c1-13-9(6-14-12)5-7-4-8(11)2-3-10(7)13/h2-4,9H,5-6,12H2,1H3. The van der Waals surface area contributed by atoms with Crippen molar-refractivity contribution in [1.29, 1.82) is 0 Å². The van der Waals surface area contributed by atoms with Crippen molar-refractivity contribution in [2.75, 3.05) is 18.6 Å². The molecule has 0 saturated carbocycles. The summed E-state index contributed by atoms with van der Waals surface area (Å²) in [5.74, 6) is 4.85. The van der Waals surface area contributed by atoms with Crippen LogP contribution in [0.5, 0.6) is 0 Å². The van der Waals surface area contributed by atoms with Gasteiger partial charge in [-0.25, -0.2) is 10.3 Å². The van der Waals surface area contributed by atoms with Crippen LogP contribution in [0.4, 0.5) is 10.1 Å². The molecule has 2 rings (SSSR count). The van der Waals surface area contributed by atoms with E-state index in [9.17, 15) is 4.39 Å². The highest BCUT2D eigenvalue weighted by Gasteiger charge is 2.26. The Labute approximate surface area is 82.2 Å². The van der Waals surface area contributed by atoms with E-state index in [2.05, 4.69) is 9.74 Å². The van der Waals surface area contributed by atoms with Crippen LogP contribution in [-0.2, 0) is 11.3 Å². The third-order valence-corrected chi connectivity index (χ3v) is 2.71. The van der Waals surface area contributed by atoms with Gasteiger partial charge in [-0.3, -0.25) is 0 Å². The van der Waals surface area contributed by atoms with Gasteiger partial charge in [0.2, 0.25) is 0 Å². The minimum Gasteiger partial charge on any atom is -0.369 e. The molecule has 1 aliphatic heterocycles. The first-order valence-corrected chi connectivity index (χ1v) is 4.55. The van der Waals surface area contributed by atoms with Crippen LogP contribution in [0.25, 0.3) is 0 Å². The fourth-order valence-electron chi connectivity index (χ4n) is 1.93. The highest BCUT2D eigenvalue weighted by molar-refractivity contribution is 5.58. The molecular weight excluding hydrogens is 183 g/mol. The summed E-state index contributed by atoms with van der Waals surface area (Å²) in [5, 5.41) is 0. The van der Waals surface area contributed by atoms with Gasteiger partial charge in [0.15, 0.2) is 0 Å². The van der Waals surface area contributed by atoms with Crippen molar-refractivity contribution >= 4 is 5.69 Å². The zero-order valence-corrected chi connectivity index (χ0v) is 8.03. The number of nitrogens with zero attached hydrogens (tertiary/aromatic N) is 1. The van der Waals surface area contributed by atoms with E-state index < -0.39 is 0 Å². The van der Waals surface area contributed by atoms with Crippen LogP contribution in [0, 0.1) is 5.82 Å². The number of fused-ring (bicyclic) bond motifs is 1. The lowest BCUT2D eigenvalue weighted by Crippen LogP contribution is -2.33. The van der Waals surface area contributed by atoms with Crippen molar-refractivity contribution in [2.45, 2.75) is 12.5 Å². The lowest BCUT2D eigenvalue weighted by molar-refractivity contribution is 0.124. The van der Waals surface area contributed by atoms with Crippen molar-refractivity contribution in [3.8, 4) is 0 Å². The van der Waals surface area contributed by atoms with Gasteiger partial charge >= 0.3 is 0 Å². The van der Waals surface area contributed by atoms with Crippen molar-refractivity contribution in [2.24, 2.45) is 5.90 Å². The second-order valence-electron chi connectivity index (χ2n) is 3.58. The summed E-state index contributed by atoms with van der Waals surface area (Å²) in [7, 11) is 1.97. The number of benzene rings is 1. The molecule has 0 aromatic heterocycles. The molecule has 1 aromatic carbocycles. The third-order valence-electron chi connectivity index (χ3n) is 2.71. The lowest BCUT2D eigenvalue weighted by atomic mass is 10.1. The van der Waals surface area contributed by atoms with Crippen LogP contribution >= 0.6 is 0 Å². The van der Waals surface area contributed by atoms with Crippen LogP contribution in [-0.4, -0.2) is 19.7 Å². The number of nitrogens with two attached hydrogens (primary N) is 1. The molecule has 0 aliphatic carbocycles. The van der Waals surface area contributed by atoms with Gasteiger partial charge in [0.1, 0.15) is 5.82 Å². The van der Waals surface area contributed by atoms with Crippen molar-refractivity contribution in [3.05, 3.63) is 29.6 Å². The maximum Gasteiger partial charge on any atom is 0.123 e. The summed E-state index contributed by atoms with van der Waals surface area (Å²) >= 11 is 0. The van der Waals surface area contributed by atoms with E-state index in [4.69, 9.17) is 5.90 Å². The van der Waals surface area contributed by atoms with Gasteiger partial charge in [-0.15, -0.1) is 0 Å². The van der Waals surface area contributed by atoms with Crippen LogP contribution in [0.3, 0.4) is 0 Å². The number of halogens is 1. The average Bonchev–Trinajstić information content (AvgIpc) is 2.44. The third kappa shape index (κ3) is 1.47.